The first-order valence-electron chi connectivity index (χ1n) is 8.64. The first-order chi connectivity index (χ1) is 14.0. The van der Waals surface area contributed by atoms with E-state index in [-0.39, 0.29) is 29.5 Å². The maximum absolute atomic E-state index is 12.4. The predicted octanol–water partition coefficient (Wildman–Crippen LogP) is 2.72. The van der Waals surface area contributed by atoms with Crippen LogP contribution in [0.3, 0.4) is 0 Å². The van der Waals surface area contributed by atoms with Gasteiger partial charge < -0.3 is 15.4 Å². The highest BCUT2D eigenvalue weighted by Crippen LogP contribution is 2.30. The number of thioether (sulfide) groups is 1. The zero-order valence-corrected chi connectivity index (χ0v) is 16.3. The summed E-state index contributed by atoms with van der Waals surface area (Å²) in [6, 6.07) is 13.5. The molecule has 1 aliphatic heterocycles. The number of nitrogens with zero attached hydrogens (tertiary/aromatic N) is 2. The number of hydrogen-bond acceptors (Lipinski definition) is 7. The summed E-state index contributed by atoms with van der Waals surface area (Å²) in [7, 11) is 1.40. The molecular formula is C19H18N4O5S. The van der Waals surface area contributed by atoms with Crippen LogP contribution in [0.2, 0.25) is 0 Å². The summed E-state index contributed by atoms with van der Waals surface area (Å²) in [5.74, 6) is -0.471. The van der Waals surface area contributed by atoms with Gasteiger partial charge in [-0.1, -0.05) is 42.1 Å². The standard InChI is InChI=1S/C19H18N4O5S/c1-28-15-8-7-13(23(26)27)9-14(15)21-17(24)10-16-18(25)22-19(29-16)20-11-12-5-3-2-4-6-12/h2-9,16H,10-11H2,1H3,(H,21,24)(H,20,22,25)/t16-/m0/s1. The van der Waals surface area contributed by atoms with Crippen LogP contribution in [0, 0.1) is 10.1 Å². The number of non-ortho nitro benzene ring substituents is 1. The average Bonchev–Trinajstić information content (AvgIpc) is 3.06. The van der Waals surface area contributed by atoms with E-state index in [1.807, 2.05) is 30.3 Å². The molecule has 0 unspecified atom stereocenters. The molecule has 2 aromatic carbocycles. The summed E-state index contributed by atoms with van der Waals surface area (Å²) in [6.45, 7) is 0.424. The Morgan fingerprint density at radius 2 is 2.07 bits per heavy atom. The Kier molecular flexibility index (Phi) is 6.45. The minimum absolute atomic E-state index is 0.104. The molecule has 0 spiro atoms. The third-order valence-electron chi connectivity index (χ3n) is 4.06. The number of methoxy groups -OCH3 is 1. The molecule has 9 nitrogen and oxygen atoms in total. The van der Waals surface area contributed by atoms with Crippen LogP contribution in [-0.4, -0.2) is 34.3 Å². The number of nitrogens with one attached hydrogen (secondary N) is 2. The Labute approximate surface area is 170 Å². The van der Waals surface area contributed by atoms with Crippen LogP contribution in [0.15, 0.2) is 53.5 Å². The lowest BCUT2D eigenvalue weighted by Crippen LogP contribution is -2.28. The van der Waals surface area contributed by atoms with E-state index in [4.69, 9.17) is 4.74 Å². The monoisotopic (exact) mass is 414 g/mol. The number of amides is 2. The van der Waals surface area contributed by atoms with Crippen LogP contribution < -0.4 is 15.4 Å². The van der Waals surface area contributed by atoms with Crippen molar-refractivity contribution in [3.8, 4) is 5.75 Å². The van der Waals surface area contributed by atoms with Crippen molar-refractivity contribution < 1.29 is 19.2 Å². The van der Waals surface area contributed by atoms with E-state index in [1.165, 1.54) is 37.1 Å². The highest BCUT2D eigenvalue weighted by Gasteiger charge is 2.32. The smallest absolute Gasteiger partial charge is 0.271 e. The summed E-state index contributed by atoms with van der Waals surface area (Å²) in [6.07, 6.45) is -0.104. The van der Waals surface area contributed by atoms with Crippen LogP contribution in [-0.2, 0) is 16.1 Å². The molecule has 10 heteroatoms. The SMILES string of the molecule is COc1ccc([N+](=O)[O-])cc1NC(=O)C[C@@H]1SC(=NCc2ccccc2)NC1=O. The number of anilines is 1. The second-order valence-electron chi connectivity index (χ2n) is 6.10. The summed E-state index contributed by atoms with van der Waals surface area (Å²) < 4.78 is 5.12. The highest BCUT2D eigenvalue weighted by molar-refractivity contribution is 8.15. The molecule has 2 N–H and O–H groups in total. The highest BCUT2D eigenvalue weighted by atomic mass is 32.2. The van der Waals surface area contributed by atoms with Gasteiger partial charge in [0, 0.05) is 18.6 Å². The number of nitro groups is 1. The largest absolute Gasteiger partial charge is 0.495 e. The molecule has 2 amide bonds. The van der Waals surface area contributed by atoms with Crippen molar-refractivity contribution in [2.45, 2.75) is 18.2 Å². The zero-order chi connectivity index (χ0) is 20.8. The van der Waals surface area contributed by atoms with Crippen molar-refractivity contribution in [2.75, 3.05) is 12.4 Å². The third kappa shape index (κ3) is 5.32. The number of amidine groups is 1. The van der Waals surface area contributed by atoms with Gasteiger partial charge in [0.1, 0.15) is 11.0 Å². The van der Waals surface area contributed by atoms with E-state index in [9.17, 15) is 19.7 Å². The van der Waals surface area contributed by atoms with Gasteiger partial charge in [0.05, 0.1) is 24.3 Å². The quantitative estimate of drug-likeness (QED) is 0.530. The van der Waals surface area contributed by atoms with Crippen LogP contribution in [0.25, 0.3) is 0 Å². The van der Waals surface area contributed by atoms with Crippen molar-refractivity contribution >= 4 is 40.1 Å². The molecule has 1 fully saturated rings. The molecule has 0 aliphatic carbocycles. The normalized spacial score (nSPS) is 17.1. The van der Waals surface area contributed by atoms with Gasteiger partial charge in [0.15, 0.2) is 5.17 Å². The average molecular weight is 414 g/mol. The Balaban J connectivity index is 1.61. The molecule has 3 rings (SSSR count). The molecule has 0 aromatic heterocycles. The number of hydrogen-bond donors (Lipinski definition) is 2. The molecular weight excluding hydrogens is 396 g/mol. The van der Waals surface area contributed by atoms with E-state index >= 15 is 0 Å². The predicted molar refractivity (Wildman–Crippen MR) is 110 cm³/mol. The van der Waals surface area contributed by atoms with Crippen molar-refractivity contribution in [2.24, 2.45) is 4.99 Å². The van der Waals surface area contributed by atoms with Gasteiger partial charge >= 0.3 is 0 Å². The number of rotatable bonds is 7. The molecule has 29 heavy (non-hydrogen) atoms. The van der Waals surface area contributed by atoms with Gasteiger partial charge in [-0.2, -0.15) is 0 Å². The minimum Gasteiger partial charge on any atom is -0.495 e. The number of carbonyl (C=O) groups is 2. The van der Waals surface area contributed by atoms with Crippen LogP contribution in [0.1, 0.15) is 12.0 Å². The molecule has 1 atom stereocenters. The van der Waals surface area contributed by atoms with E-state index in [0.29, 0.717) is 11.7 Å². The Morgan fingerprint density at radius 3 is 2.76 bits per heavy atom. The zero-order valence-electron chi connectivity index (χ0n) is 15.5. The van der Waals surface area contributed by atoms with Gasteiger partial charge in [-0.15, -0.1) is 0 Å². The first kappa shape index (κ1) is 20.3. The molecule has 0 radical (unpaired) electrons. The van der Waals surface area contributed by atoms with Crippen LogP contribution >= 0.6 is 11.8 Å². The topological polar surface area (TPSA) is 123 Å². The molecule has 0 bridgehead atoms. The second-order valence-corrected chi connectivity index (χ2v) is 7.29. The fourth-order valence-corrected chi connectivity index (χ4v) is 3.61. The number of aliphatic imine (C=N–C) groups is 1. The third-order valence-corrected chi connectivity index (χ3v) is 5.18. The molecule has 2 aromatic rings. The Hall–Kier alpha value is -3.40. The molecule has 150 valence electrons. The van der Waals surface area contributed by atoms with Crippen molar-refractivity contribution in [1.82, 2.24) is 5.32 Å². The van der Waals surface area contributed by atoms with Gasteiger partial charge in [-0.3, -0.25) is 24.7 Å². The van der Waals surface area contributed by atoms with Crippen molar-refractivity contribution in [3.05, 3.63) is 64.2 Å². The number of nitro benzene ring substituents is 1. The summed E-state index contributed by atoms with van der Waals surface area (Å²) >= 11 is 1.18. The van der Waals surface area contributed by atoms with Gasteiger partial charge in [-0.05, 0) is 11.6 Å². The first-order valence-corrected chi connectivity index (χ1v) is 9.52. The van der Waals surface area contributed by atoms with Gasteiger partial charge in [0.2, 0.25) is 11.8 Å². The van der Waals surface area contributed by atoms with Gasteiger partial charge in [0.25, 0.3) is 5.69 Å². The van der Waals surface area contributed by atoms with Gasteiger partial charge in [-0.25, -0.2) is 0 Å². The van der Waals surface area contributed by atoms with Crippen LogP contribution in [0.4, 0.5) is 11.4 Å². The summed E-state index contributed by atoms with van der Waals surface area (Å²) in [4.78, 5) is 39.3. The minimum atomic E-state index is -0.630. The van der Waals surface area contributed by atoms with E-state index < -0.39 is 16.1 Å². The Morgan fingerprint density at radius 1 is 1.31 bits per heavy atom. The number of carbonyl (C=O) groups excluding carboxylic acids is 2. The summed E-state index contributed by atoms with van der Waals surface area (Å²) in [5.41, 5.74) is 1.01. The second kappa shape index (κ2) is 9.20. The lowest BCUT2D eigenvalue weighted by Gasteiger charge is -2.11. The number of ether oxygens (including phenoxy) is 1. The van der Waals surface area contributed by atoms with Crippen molar-refractivity contribution in [3.63, 3.8) is 0 Å². The Bertz CT molecular complexity index is 964. The van der Waals surface area contributed by atoms with Crippen LogP contribution in [0.5, 0.6) is 5.75 Å². The number of benzene rings is 2. The van der Waals surface area contributed by atoms with Crippen molar-refractivity contribution in [1.29, 1.82) is 0 Å². The maximum Gasteiger partial charge on any atom is 0.271 e. The summed E-state index contributed by atoms with van der Waals surface area (Å²) in [5, 5.41) is 16.0. The molecule has 0 saturated carbocycles. The fraction of sp³-hybridized carbons (Fsp3) is 0.211. The lowest BCUT2D eigenvalue weighted by molar-refractivity contribution is -0.384. The van der Waals surface area contributed by atoms with E-state index in [0.717, 1.165) is 5.56 Å². The molecule has 1 saturated heterocycles. The molecule has 1 aliphatic rings. The lowest BCUT2D eigenvalue weighted by atomic mass is 10.2. The maximum atomic E-state index is 12.4. The van der Waals surface area contributed by atoms with E-state index in [2.05, 4.69) is 15.6 Å². The molecule has 1 heterocycles. The van der Waals surface area contributed by atoms with E-state index in [1.54, 1.807) is 0 Å². The fourth-order valence-electron chi connectivity index (χ4n) is 2.64.